The van der Waals surface area contributed by atoms with Gasteiger partial charge < -0.3 is 9.26 Å². The van der Waals surface area contributed by atoms with Crippen molar-refractivity contribution in [2.45, 2.75) is 6.92 Å². The van der Waals surface area contributed by atoms with E-state index in [1.54, 1.807) is 30.5 Å². The summed E-state index contributed by atoms with van der Waals surface area (Å²) in [6.45, 7) is 1.78. The maximum absolute atomic E-state index is 12.1. The second kappa shape index (κ2) is 6.70. The zero-order valence-electron chi connectivity index (χ0n) is 12.2. The molecule has 0 atom stereocenters. The lowest BCUT2D eigenvalue weighted by atomic mass is 10.2. The Morgan fingerprint density at radius 3 is 2.91 bits per heavy atom. The number of ketones is 1. The van der Waals surface area contributed by atoms with Crippen LogP contribution in [0.3, 0.4) is 0 Å². The minimum Gasteiger partial charge on any atom is -0.484 e. The van der Waals surface area contributed by atoms with Gasteiger partial charge in [0, 0.05) is 6.20 Å². The van der Waals surface area contributed by atoms with Crippen LogP contribution in [0, 0.1) is 6.92 Å². The van der Waals surface area contributed by atoms with Crippen molar-refractivity contribution in [3.8, 4) is 17.3 Å². The van der Waals surface area contributed by atoms with Gasteiger partial charge in [0.05, 0.1) is 4.47 Å². The zero-order valence-corrected chi connectivity index (χ0v) is 13.8. The van der Waals surface area contributed by atoms with E-state index in [9.17, 15) is 4.79 Å². The lowest BCUT2D eigenvalue weighted by molar-refractivity contribution is 0.0877. The fourth-order valence-corrected chi connectivity index (χ4v) is 2.47. The van der Waals surface area contributed by atoms with Crippen molar-refractivity contribution in [3.05, 3.63) is 58.5 Å². The number of aryl methyl sites for hydroxylation is 1. The molecule has 1 aromatic carbocycles. The van der Waals surface area contributed by atoms with E-state index in [0.29, 0.717) is 11.4 Å². The third-order valence-corrected chi connectivity index (χ3v) is 3.62. The van der Waals surface area contributed by atoms with Crippen LogP contribution in [0.5, 0.6) is 5.75 Å². The highest BCUT2D eigenvalue weighted by Gasteiger charge is 2.17. The molecular weight excluding hydrogens is 362 g/mol. The number of benzene rings is 1. The van der Waals surface area contributed by atoms with Gasteiger partial charge in [-0.2, -0.15) is 4.98 Å². The molecule has 3 aromatic rings. The van der Waals surface area contributed by atoms with Crippen molar-refractivity contribution in [2.24, 2.45) is 0 Å². The fraction of sp³-hybridized carbons (Fsp3) is 0.125. The number of nitrogens with zero attached hydrogens (tertiary/aromatic N) is 3. The van der Waals surface area contributed by atoms with E-state index in [2.05, 4.69) is 31.1 Å². The Kier molecular flexibility index (Phi) is 4.47. The van der Waals surface area contributed by atoms with E-state index in [1.165, 1.54) is 0 Å². The van der Waals surface area contributed by atoms with Gasteiger partial charge in [-0.3, -0.25) is 9.78 Å². The van der Waals surface area contributed by atoms with E-state index in [-0.39, 0.29) is 18.3 Å². The zero-order chi connectivity index (χ0) is 16.2. The van der Waals surface area contributed by atoms with Crippen LogP contribution in [-0.4, -0.2) is 27.5 Å². The second-order valence-corrected chi connectivity index (χ2v) is 5.64. The fourth-order valence-electron chi connectivity index (χ4n) is 1.86. The minimum atomic E-state index is -0.396. The minimum absolute atomic E-state index is 0.103. The maximum Gasteiger partial charge on any atom is 0.298 e. The van der Waals surface area contributed by atoms with E-state index < -0.39 is 5.78 Å². The third kappa shape index (κ3) is 3.62. The van der Waals surface area contributed by atoms with Gasteiger partial charge in [0.15, 0.2) is 6.61 Å². The first-order valence-corrected chi connectivity index (χ1v) is 7.60. The summed E-state index contributed by atoms with van der Waals surface area (Å²) in [5.41, 5.74) is 1.63. The Hall–Kier alpha value is -2.54. The van der Waals surface area contributed by atoms with E-state index in [0.717, 1.165) is 10.0 Å². The lowest BCUT2D eigenvalue weighted by Gasteiger charge is -2.06. The van der Waals surface area contributed by atoms with Crippen LogP contribution >= 0.6 is 15.9 Å². The van der Waals surface area contributed by atoms with Crippen LogP contribution in [0.2, 0.25) is 0 Å². The van der Waals surface area contributed by atoms with Crippen molar-refractivity contribution in [1.29, 1.82) is 0 Å². The van der Waals surface area contributed by atoms with Crippen molar-refractivity contribution < 1.29 is 14.1 Å². The predicted octanol–water partition coefficient (Wildman–Crippen LogP) is 3.46. The van der Waals surface area contributed by atoms with Gasteiger partial charge in [0.2, 0.25) is 5.82 Å². The highest BCUT2D eigenvalue weighted by Crippen LogP contribution is 2.25. The molecule has 0 bridgehead atoms. The SMILES string of the molecule is Cc1ccc(OCC(=O)c2nc(-c3ccccn3)no2)c(Br)c1. The molecule has 0 N–H and O–H groups in total. The number of Topliss-reactive ketones (excluding diaryl/α,β-unsaturated/α-hetero) is 1. The van der Waals surface area contributed by atoms with Crippen LogP contribution in [0.15, 0.2) is 51.6 Å². The molecule has 2 heterocycles. The number of hydrogen-bond donors (Lipinski definition) is 0. The van der Waals surface area contributed by atoms with Gasteiger partial charge in [0.1, 0.15) is 11.4 Å². The van der Waals surface area contributed by atoms with Gasteiger partial charge in [-0.05, 0) is 52.7 Å². The van der Waals surface area contributed by atoms with Crippen LogP contribution in [0.4, 0.5) is 0 Å². The molecular formula is C16H12BrN3O3. The number of pyridine rings is 1. The topological polar surface area (TPSA) is 78.1 Å². The van der Waals surface area contributed by atoms with Gasteiger partial charge in [-0.15, -0.1) is 0 Å². The predicted molar refractivity (Wildman–Crippen MR) is 86.2 cm³/mol. The van der Waals surface area contributed by atoms with Crippen molar-refractivity contribution >= 4 is 21.7 Å². The molecule has 23 heavy (non-hydrogen) atoms. The quantitative estimate of drug-likeness (QED) is 0.637. The van der Waals surface area contributed by atoms with Crippen LogP contribution in [-0.2, 0) is 0 Å². The van der Waals surface area contributed by atoms with Crippen LogP contribution in [0.1, 0.15) is 16.2 Å². The Morgan fingerprint density at radius 2 is 2.17 bits per heavy atom. The van der Waals surface area contributed by atoms with Gasteiger partial charge in [-0.25, -0.2) is 0 Å². The van der Waals surface area contributed by atoms with Crippen molar-refractivity contribution in [3.63, 3.8) is 0 Å². The Bertz CT molecular complexity index is 834. The molecule has 0 aliphatic carbocycles. The molecule has 7 heteroatoms. The first kappa shape index (κ1) is 15.4. The van der Waals surface area contributed by atoms with E-state index in [1.807, 2.05) is 19.1 Å². The molecule has 3 rings (SSSR count). The first-order valence-electron chi connectivity index (χ1n) is 6.81. The Balaban J connectivity index is 1.68. The normalized spacial score (nSPS) is 10.5. The number of halogens is 1. The van der Waals surface area contributed by atoms with Crippen molar-refractivity contribution in [2.75, 3.05) is 6.61 Å². The smallest absolute Gasteiger partial charge is 0.298 e. The summed E-state index contributed by atoms with van der Waals surface area (Å²) in [5.74, 6) is 0.347. The molecule has 6 nitrogen and oxygen atoms in total. The molecule has 0 fully saturated rings. The Labute approximate surface area is 140 Å². The van der Waals surface area contributed by atoms with Crippen molar-refractivity contribution in [1.82, 2.24) is 15.1 Å². The number of hydrogen-bond acceptors (Lipinski definition) is 6. The highest BCUT2D eigenvalue weighted by atomic mass is 79.9. The number of ether oxygens (including phenoxy) is 1. The summed E-state index contributed by atoms with van der Waals surface area (Å²) < 4.78 is 11.2. The first-order chi connectivity index (χ1) is 11.1. The van der Waals surface area contributed by atoms with Crippen LogP contribution in [0.25, 0.3) is 11.5 Å². The summed E-state index contributed by atoms with van der Waals surface area (Å²) in [6.07, 6.45) is 1.62. The Morgan fingerprint density at radius 1 is 1.30 bits per heavy atom. The summed E-state index contributed by atoms with van der Waals surface area (Å²) in [7, 11) is 0. The number of carbonyl (C=O) groups excluding carboxylic acids is 1. The number of carbonyl (C=O) groups is 1. The molecule has 0 amide bonds. The highest BCUT2D eigenvalue weighted by molar-refractivity contribution is 9.10. The molecule has 0 spiro atoms. The van der Waals surface area contributed by atoms with E-state index in [4.69, 9.17) is 9.26 Å². The van der Waals surface area contributed by atoms with E-state index >= 15 is 0 Å². The monoisotopic (exact) mass is 373 g/mol. The number of rotatable bonds is 5. The third-order valence-electron chi connectivity index (χ3n) is 3.00. The molecule has 0 aliphatic rings. The average Bonchev–Trinajstić information content (AvgIpc) is 3.05. The second-order valence-electron chi connectivity index (χ2n) is 4.78. The van der Waals surface area contributed by atoms with Gasteiger partial charge in [-0.1, -0.05) is 17.3 Å². The molecule has 0 aliphatic heterocycles. The molecule has 116 valence electrons. The average molecular weight is 374 g/mol. The standard InChI is InChI=1S/C16H12BrN3O3/c1-10-5-6-14(11(17)8-10)22-9-13(21)16-19-15(20-23-16)12-4-2-3-7-18-12/h2-8H,9H2,1H3. The molecule has 0 saturated heterocycles. The van der Waals surface area contributed by atoms with Gasteiger partial charge >= 0.3 is 0 Å². The summed E-state index contributed by atoms with van der Waals surface area (Å²) in [6, 6.07) is 10.9. The molecule has 0 saturated carbocycles. The molecule has 0 radical (unpaired) electrons. The number of aromatic nitrogens is 3. The largest absolute Gasteiger partial charge is 0.484 e. The summed E-state index contributed by atoms with van der Waals surface area (Å²) in [5, 5.41) is 3.76. The van der Waals surface area contributed by atoms with Gasteiger partial charge in [0.25, 0.3) is 11.7 Å². The summed E-state index contributed by atoms with van der Waals surface area (Å²) in [4.78, 5) is 20.2. The summed E-state index contributed by atoms with van der Waals surface area (Å²) >= 11 is 3.39. The molecule has 0 unspecified atom stereocenters. The maximum atomic E-state index is 12.1. The molecule has 2 aromatic heterocycles. The van der Waals surface area contributed by atoms with Crippen LogP contribution < -0.4 is 4.74 Å². The lowest BCUT2D eigenvalue weighted by Crippen LogP contribution is -2.12.